The molecule has 32 heavy (non-hydrogen) atoms. The van der Waals surface area contributed by atoms with Crippen LogP contribution in [-0.2, 0) is 9.53 Å². The van der Waals surface area contributed by atoms with E-state index >= 15 is 0 Å². The summed E-state index contributed by atoms with van der Waals surface area (Å²) in [6.07, 6.45) is 0.105. The third-order valence-corrected chi connectivity index (χ3v) is 5.17. The van der Waals surface area contributed by atoms with Gasteiger partial charge in [0, 0.05) is 5.92 Å². The van der Waals surface area contributed by atoms with Crippen LogP contribution in [0.5, 0.6) is 0 Å². The Morgan fingerprint density at radius 1 is 0.969 bits per heavy atom. The molecule has 0 spiro atoms. The largest absolute Gasteiger partial charge is 0.507 e. The van der Waals surface area contributed by atoms with Gasteiger partial charge >= 0.3 is 5.97 Å². The van der Waals surface area contributed by atoms with Gasteiger partial charge in [-0.3, -0.25) is 4.79 Å². The van der Waals surface area contributed by atoms with Crippen molar-refractivity contribution in [3.05, 3.63) is 108 Å². The summed E-state index contributed by atoms with van der Waals surface area (Å²) in [6, 6.07) is 28.7. The van der Waals surface area contributed by atoms with Crippen molar-refractivity contribution in [1.29, 1.82) is 5.26 Å². The van der Waals surface area contributed by atoms with Gasteiger partial charge in [-0.2, -0.15) is 5.26 Å². The van der Waals surface area contributed by atoms with Gasteiger partial charge in [-0.25, -0.2) is 4.98 Å². The molecule has 0 aliphatic rings. The number of aromatic amines is 1. The molecular formula is C26H21N3O3. The lowest BCUT2D eigenvalue weighted by molar-refractivity contribution is -0.143. The minimum Gasteiger partial charge on any atom is -0.507 e. The first-order valence-electron chi connectivity index (χ1n) is 10.2. The van der Waals surface area contributed by atoms with E-state index in [9.17, 15) is 15.2 Å². The molecule has 6 nitrogen and oxygen atoms in total. The first-order chi connectivity index (χ1) is 15.7. The van der Waals surface area contributed by atoms with Gasteiger partial charge in [-0.05, 0) is 23.3 Å². The zero-order valence-corrected chi connectivity index (χ0v) is 17.2. The van der Waals surface area contributed by atoms with Crippen molar-refractivity contribution in [2.45, 2.75) is 12.3 Å². The molecule has 4 aromatic rings. The SMILES string of the molecule is N#CC(=C(O)COC(=O)CC(c1ccccc1)c1ccccc1)c1nc2ccccc2[nH]1. The van der Waals surface area contributed by atoms with Crippen LogP contribution in [0.4, 0.5) is 0 Å². The van der Waals surface area contributed by atoms with Crippen molar-refractivity contribution in [2.24, 2.45) is 0 Å². The number of H-pyrrole nitrogens is 1. The number of allylic oxidation sites excluding steroid dienone is 1. The van der Waals surface area contributed by atoms with Crippen molar-refractivity contribution in [2.75, 3.05) is 6.61 Å². The molecule has 0 unspecified atom stereocenters. The molecule has 0 aliphatic heterocycles. The number of rotatable bonds is 7. The van der Waals surface area contributed by atoms with E-state index in [0.29, 0.717) is 5.52 Å². The first-order valence-corrected chi connectivity index (χ1v) is 10.2. The van der Waals surface area contributed by atoms with Gasteiger partial charge in [0.2, 0.25) is 0 Å². The Morgan fingerprint density at radius 2 is 1.56 bits per heavy atom. The van der Waals surface area contributed by atoms with E-state index in [2.05, 4.69) is 9.97 Å². The van der Waals surface area contributed by atoms with Crippen molar-refractivity contribution >= 4 is 22.6 Å². The number of nitrogens with one attached hydrogen (secondary N) is 1. The second-order valence-electron chi connectivity index (χ2n) is 7.27. The van der Waals surface area contributed by atoms with Gasteiger partial charge in [0.05, 0.1) is 17.5 Å². The Bertz CT molecular complexity index is 1220. The number of aromatic nitrogens is 2. The Morgan fingerprint density at radius 3 is 2.16 bits per heavy atom. The number of ether oxygens (including phenoxy) is 1. The van der Waals surface area contributed by atoms with E-state index in [0.717, 1.165) is 16.6 Å². The molecule has 0 aliphatic carbocycles. The van der Waals surface area contributed by atoms with Gasteiger partial charge in [0.15, 0.2) is 11.6 Å². The number of aliphatic hydroxyl groups is 1. The molecule has 0 amide bonds. The van der Waals surface area contributed by atoms with Gasteiger partial charge in [0.1, 0.15) is 18.2 Å². The van der Waals surface area contributed by atoms with E-state index in [1.807, 2.05) is 84.9 Å². The maximum absolute atomic E-state index is 12.6. The van der Waals surface area contributed by atoms with Crippen LogP contribution < -0.4 is 0 Å². The number of aliphatic hydroxyl groups excluding tert-OH is 1. The summed E-state index contributed by atoms with van der Waals surface area (Å²) >= 11 is 0. The molecule has 4 rings (SSSR count). The smallest absolute Gasteiger partial charge is 0.307 e. The van der Waals surface area contributed by atoms with E-state index in [-0.39, 0.29) is 29.5 Å². The molecule has 0 saturated carbocycles. The van der Waals surface area contributed by atoms with E-state index < -0.39 is 12.6 Å². The standard InChI is InChI=1S/C26H21N3O3/c27-16-21(26-28-22-13-7-8-14-23(22)29-26)24(30)17-32-25(31)15-20(18-9-3-1-4-10-18)19-11-5-2-6-12-19/h1-14,20,30H,15,17H2,(H,28,29). The van der Waals surface area contributed by atoms with Gasteiger partial charge < -0.3 is 14.8 Å². The van der Waals surface area contributed by atoms with Gasteiger partial charge in [-0.15, -0.1) is 0 Å². The van der Waals surface area contributed by atoms with Crippen LogP contribution in [0.15, 0.2) is 90.7 Å². The molecule has 3 aromatic carbocycles. The molecule has 1 heterocycles. The summed E-state index contributed by atoms with van der Waals surface area (Å²) in [7, 11) is 0. The lowest BCUT2D eigenvalue weighted by Gasteiger charge is -2.17. The van der Waals surface area contributed by atoms with Crippen molar-refractivity contribution < 1.29 is 14.6 Å². The van der Waals surface area contributed by atoms with Crippen LogP contribution in [0.3, 0.4) is 0 Å². The van der Waals surface area contributed by atoms with Crippen molar-refractivity contribution in [3.8, 4) is 6.07 Å². The Labute approximate surface area is 185 Å². The predicted octanol–water partition coefficient (Wildman–Crippen LogP) is 5.12. The Balaban J connectivity index is 1.49. The fraction of sp³-hybridized carbons (Fsp3) is 0.115. The fourth-order valence-corrected chi connectivity index (χ4v) is 3.57. The van der Waals surface area contributed by atoms with Crippen LogP contribution in [0.2, 0.25) is 0 Å². The minimum absolute atomic E-state index is 0.0586. The van der Waals surface area contributed by atoms with Crippen molar-refractivity contribution in [3.63, 3.8) is 0 Å². The number of hydrogen-bond donors (Lipinski definition) is 2. The maximum atomic E-state index is 12.6. The molecule has 0 saturated heterocycles. The Hall–Kier alpha value is -4.37. The number of hydrogen-bond acceptors (Lipinski definition) is 5. The number of esters is 1. The molecule has 2 N–H and O–H groups in total. The average Bonchev–Trinajstić information content (AvgIpc) is 3.26. The van der Waals surface area contributed by atoms with Crippen LogP contribution in [-0.4, -0.2) is 27.7 Å². The fourth-order valence-electron chi connectivity index (χ4n) is 3.57. The summed E-state index contributed by atoms with van der Waals surface area (Å²) < 4.78 is 5.32. The lowest BCUT2D eigenvalue weighted by Crippen LogP contribution is -2.14. The third kappa shape index (κ3) is 4.68. The topological polar surface area (TPSA) is 99.0 Å². The molecule has 6 heteroatoms. The second kappa shape index (κ2) is 9.63. The quantitative estimate of drug-likeness (QED) is 0.244. The predicted molar refractivity (Wildman–Crippen MR) is 122 cm³/mol. The highest BCUT2D eigenvalue weighted by molar-refractivity contribution is 5.83. The molecule has 1 aromatic heterocycles. The van der Waals surface area contributed by atoms with E-state index in [1.54, 1.807) is 6.07 Å². The summed E-state index contributed by atoms with van der Waals surface area (Å²) in [5.74, 6) is -0.775. The molecule has 158 valence electrons. The summed E-state index contributed by atoms with van der Waals surface area (Å²) in [4.78, 5) is 20.0. The minimum atomic E-state index is -0.476. The maximum Gasteiger partial charge on any atom is 0.307 e. The Kier molecular flexibility index (Phi) is 6.28. The number of nitrogens with zero attached hydrogens (tertiary/aromatic N) is 2. The third-order valence-electron chi connectivity index (χ3n) is 5.17. The normalized spacial score (nSPS) is 11.8. The van der Waals surface area contributed by atoms with Crippen LogP contribution >= 0.6 is 0 Å². The van der Waals surface area contributed by atoms with Gasteiger partial charge in [-0.1, -0.05) is 72.8 Å². The molecule has 0 bridgehead atoms. The highest BCUT2D eigenvalue weighted by Gasteiger charge is 2.20. The van der Waals surface area contributed by atoms with Crippen molar-refractivity contribution in [1.82, 2.24) is 9.97 Å². The highest BCUT2D eigenvalue weighted by atomic mass is 16.5. The second-order valence-corrected chi connectivity index (χ2v) is 7.27. The molecule has 0 fully saturated rings. The average molecular weight is 423 g/mol. The van der Waals surface area contributed by atoms with Crippen LogP contribution in [0.1, 0.15) is 29.3 Å². The summed E-state index contributed by atoms with van der Waals surface area (Å²) in [5.41, 5.74) is 3.35. The van der Waals surface area contributed by atoms with E-state index in [1.165, 1.54) is 0 Å². The molecule has 0 radical (unpaired) electrons. The zero-order chi connectivity index (χ0) is 22.3. The van der Waals surface area contributed by atoms with E-state index in [4.69, 9.17) is 4.74 Å². The number of carbonyl (C=O) groups is 1. The number of fused-ring (bicyclic) bond motifs is 1. The zero-order valence-electron chi connectivity index (χ0n) is 17.2. The number of imidazole rings is 1. The summed E-state index contributed by atoms with van der Waals surface area (Å²) in [5, 5.41) is 19.9. The highest BCUT2D eigenvalue weighted by Crippen LogP contribution is 2.28. The van der Waals surface area contributed by atoms with Crippen LogP contribution in [0.25, 0.3) is 16.6 Å². The number of para-hydroxylation sites is 2. The number of carbonyl (C=O) groups excluding carboxylic acids is 1. The number of benzene rings is 3. The van der Waals surface area contributed by atoms with Crippen LogP contribution in [0, 0.1) is 11.3 Å². The van der Waals surface area contributed by atoms with Gasteiger partial charge in [0.25, 0.3) is 0 Å². The molecule has 0 atom stereocenters. The first kappa shape index (κ1) is 20.9. The monoisotopic (exact) mass is 423 g/mol. The number of nitriles is 1. The molecular weight excluding hydrogens is 402 g/mol. The lowest BCUT2D eigenvalue weighted by atomic mass is 9.89. The summed E-state index contributed by atoms with van der Waals surface area (Å²) in [6.45, 7) is -0.408.